The summed E-state index contributed by atoms with van der Waals surface area (Å²) in [6.45, 7) is 3.93. The van der Waals surface area contributed by atoms with E-state index in [0.29, 0.717) is 0 Å². The van der Waals surface area contributed by atoms with Gasteiger partial charge >= 0.3 is 0 Å². The van der Waals surface area contributed by atoms with Crippen molar-refractivity contribution >= 4 is 0 Å². The first-order valence-electron chi connectivity index (χ1n) is 7.78. The first-order chi connectivity index (χ1) is 10.3. The zero-order chi connectivity index (χ0) is 14.5. The molecule has 0 bridgehead atoms. The van der Waals surface area contributed by atoms with Gasteiger partial charge in [0, 0.05) is 11.6 Å². The average Bonchev–Trinajstić information content (AvgIpc) is 2.99. The molecule has 4 heteroatoms. The van der Waals surface area contributed by atoms with Gasteiger partial charge in [-0.2, -0.15) is 0 Å². The Morgan fingerprint density at radius 1 is 1.19 bits per heavy atom. The molecule has 1 aliphatic rings. The first kappa shape index (κ1) is 14.3. The van der Waals surface area contributed by atoms with Crippen LogP contribution >= 0.6 is 0 Å². The van der Waals surface area contributed by atoms with E-state index in [4.69, 9.17) is 10.3 Å². The molecule has 1 aliphatic heterocycles. The zero-order valence-electron chi connectivity index (χ0n) is 12.4. The summed E-state index contributed by atoms with van der Waals surface area (Å²) in [6.07, 6.45) is 3.65. The third-order valence-electron chi connectivity index (χ3n) is 4.29. The fourth-order valence-electron chi connectivity index (χ4n) is 3.02. The smallest absolute Gasteiger partial charge is 0.151 e. The number of nitrogens with two attached hydrogens (primary N) is 1. The molecule has 0 saturated carbocycles. The molecule has 0 amide bonds. The van der Waals surface area contributed by atoms with Crippen molar-refractivity contribution in [3.05, 3.63) is 42.2 Å². The van der Waals surface area contributed by atoms with Gasteiger partial charge in [0.2, 0.25) is 0 Å². The van der Waals surface area contributed by atoms with E-state index in [9.17, 15) is 0 Å². The lowest BCUT2D eigenvalue weighted by atomic mass is 9.93. The molecule has 0 aliphatic carbocycles. The van der Waals surface area contributed by atoms with Crippen molar-refractivity contribution in [3.63, 3.8) is 0 Å². The molecular formula is C17H23N3O. The van der Waals surface area contributed by atoms with E-state index in [2.05, 4.69) is 28.3 Å². The summed E-state index contributed by atoms with van der Waals surface area (Å²) in [5, 5.41) is 4.18. The number of hydrogen-bond donors (Lipinski definition) is 1. The lowest BCUT2D eigenvalue weighted by Crippen LogP contribution is -2.33. The van der Waals surface area contributed by atoms with Gasteiger partial charge in [-0.05, 0) is 44.8 Å². The van der Waals surface area contributed by atoms with Gasteiger partial charge in [0.05, 0.1) is 6.54 Å². The van der Waals surface area contributed by atoms with Gasteiger partial charge in [-0.15, -0.1) is 0 Å². The maximum absolute atomic E-state index is 5.64. The fourth-order valence-corrected chi connectivity index (χ4v) is 3.02. The van der Waals surface area contributed by atoms with Crippen LogP contribution in [0.1, 0.15) is 25.0 Å². The van der Waals surface area contributed by atoms with Gasteiger partial charge in [-0.25, -0.2) is 0 Å². The molecule has 3 rings (SSSR count). The van der Waals surface area contributed by atoms with Gasteiger partial charge in [0.1, 0.15) is 5.69 Å². The van der Waals surface area contributed by atoms with Gasteiger partial charge < -0.3 is 10.3 Å². The van der Waals surface area contributed by atoms with E-state index in [-0.39, 0.29) is 0 Å². The Kier molecular flexibility index (Phi) is 4.68. The molecule has 0 spiro atoms. The van der Waals surface area contributed by atoms with E-state index in [0.717, 1.165) is 55.5 Å². The van der Waals surface area contributed by atoms with E-state index < -0.39 is 0 Å². The van der Waals surface area contributed by atoms with Crippen LogP contribution in [0, 0.1) is 5.92 Å². The molecule has 0 radical (unpaired) electrons. The highest BCUT2D eigenvalue weighted by Crippen LogP contribution is 2.23. The molecular weight excluding hydrogens is 262 g/mol. The Balaban J connectivity index is 1.56. The van der Waals surface area contributed by atoms with Crippen LogP contribution in [0.4, 0.5) is 0 Å². The minimum atomic E-state index is 0.806. The summed E-state index contributed by atoms with van der Waals surface area (Å²) in [5.41, 5.74) is 7.66. The summed E-state index contributed by atoms with van der Waals surface area (Å²) >= 11 is 0. The van der Waals surface area contributed by atoms with Crippen LogP contribution in [0.5, 0.6) is 0 Å². The van der Waals surface area contributed by atoms with E-state index in [1.54, 1.807) is 0 Å². The van der Waals surface area contributed by atoms with Gasteiger partial charge in [0.15, 0.2) is 5.76 Å². The average molecular weight is 285 g/mol. The van der Waals surface area contributed by atoms with Crippen molar-refractivity contribution < 1.29 is 4.52 Å². The number of benzene rings is 1. The largest absolute Gasteiger partial charge is 0.359 e. The highest BCUT2D eigenvalue weighted by molar-refractivity contribution is 5.58. The number of aromatic nitrogens is 1. The SMILES string of the molecule is NCCC1CCN(Cc2cc(-c3ccccc3)no2)CC1. The van der Waals surface area contributed by atoms with Gasteiger partial charge in [0.25, 0.3) is 0 Å². The van der Waals surface area contributed by atoms with Crippen molar-refractivity contribution in [3.8, 4) is 11.3 Å². The first-order valence-corrected chi connectivity index (χ1v) is 7.78. The maximum Gasteiger partial charge on any atom is 0.151 e. The number of rotatable bonds is 5. The molecule has 2 N–H and O–H groups in total. The molecule has 1 aromatic heterocycles. The lowest BCUT2D eigenvalue weighted by Gasteiger charge is -2.30. The fraction of sp³-hybridized carbons (Fsp3) is 0.471. The van der Waals surface area contributed by atoms with E-state index >= 15 is 0 Å². The van der Waals surface area contributed by atoms with Crippen LogP contribution in [0.2, 0.25) is 0 Å². The molecule has 2 aromatic rings. The van der Waals surface area contributed by atoms with Crippen molar-refractivity contribution in [2.75, 3.05) is 19.6 Å². The standard InChI is InChI=1S/C17H23N3O/c18-9-6-14-7-10-20(11-8-14)13-16-12-17(19-21-16)15-4-2-1-3-5-15/h1-5,12,14H,6-11,13,18H2. The molecule has 1 saturated heterocycles. The van der Waals surface area contributed by atoms with E-state index in [1.807, 2.05) is 18.2 Å². The number of hydrogen-bond acceptors (Lipinski definition) is 4. The zero-order valence-corrected chi connectivity index (χ0v) is 12.4. The van der Waals surface area contributed by atoms with Crippen molar-refractivity contribution in [2.24, 2.45) is 11.7 Å². The Labute approximate surface area is 125 Å². The summed E-state index contributed by atoms with van der Waals surface area (Å²) in [5.74, 6) is 1.76. The van der Waals surface area contributed by atoms with Crippen LogP contribution in [0.15, 0.2) is 40.9 Å². The third kappa shape index (κ3) is 3.71. The van der Waals surface area contributed by atoms with Crippen molar-refractivity contribution in [1.82, 2.24) is 10.1 Å². The Morgan fingerprint density at radius 3 is 2.67 bits per heavy atom. The number of likely N-dealkylation sites (tertiary alicyclic amines) is 1. The minimum Gasteiger partial charge on any atom is -0.359 e. The number of nitrogens with zero attached hydrogens (tertiary/aromatic N) is 2. The van der Waals surface area contributed by atoms with Crippen LogP contribution < -0.4 is 5.73 Å². The molecule has 112 valence electrons. The van der Waals surface area contributed by atoms with Crippen LogP contribution in [0.3, 0.4) is 0 Å². The summed E-state index contributed by atoms with van der Waals surface area (Å²) in [6, 6.07) is 12.2. The molecule has 1 aromatic carbocycles. The highest BCUT2D eigenvalue weighted by atomic mass is 16.5. The maximum atomic E-state index is 5.64. The monoisotopic (exact) mass is 285 g/mol. The predicted octanol–water partition coefficient (Wildman–Crippen LogP) is 2.90. The van der Waals surface area contributed by atoms with Crippen molar-refractivity contribution in [2.45, 2.75) is 25.8 Å². The summed E-state index contributed by atoms with van der Waals surface area (Å²) < 4.78 is 5.48. The van der Waals surface area contributed by atoms with Crippen LogP contribution in [-0.2, 0) is 6.54 Å². The van der Waals surface area contributed by atoms with Gasteiger partial charge in [-0.1, -0.05) is 35.5 Å². The Hall–Kier alpha value is -1.65. The minimum absolute atomic E-state index is 0.806. The van der Waals surface area contributed by atoms with Crippen LogP contribution in [0.25, 0.3) is 11.3 Å². The topological polar surface area (TPSA) is 55.3 Å². The van der Waals surface area contributed by atoms with Gasteiger partial charge in [-0.3, -0.25) is 4.90 Å². The van der Waals surface area contributed by atoms with Crippen molar-refractivity contribution in [1.29, 1.82) is 0 Å². The van der Waals surface area contributed by atoms with E-state index in [1.165, 1.54) is 12.8 Å². The molecule has 0 atom stereocenters. The normalized spacial score (nSPS) is 17.2. The Bertz CT molecular complexity index is 544. The molecule has 4 nitrogen and oxygen atoms in total. The van der Waals surface area contributed by atoms with Crippen LogP contribution in [-0.4, -0.2) is 29.7 Å². The third-order valence-corrected chi connectivity index (χ3v) is 4.29. The molecule has 1 fully saturated rings. The highest BCUT2D eigenvalue weighted by Gasteiger charge is 2.19. The summed E-state index contributed by atoms with van der Waals surface area (Å²) in [7, 11) is 0. The number of piperidine rings is 1. The summed E-state index contributed by atoms with van der Waals surface area (Å²) in [4.78, 5) is 2.45. The predicted molar refractivity (Wildman–Crippen MR) is 83.6 cm³/mol. The second kappa shape index (κ2) is 6.87. The lowest BCUT2D eigenvalue weighted by molar-refractivity contribution is 0.158. The molecule has 2 heterocycles. The quantitative estimate of drug-likeness (QED) is 0.917. The second-order valence-corrected chi connectivity index (χ2v) is 5.84. The molecule has 0 unspecified atom stereocenters. The molecule has 21 heavy (non-hydrogen) atoms. The second-order valence-electron chi connectivity index (χ2n) is 5.84. The Morgan fingerprint density at radius 2 is 1.95 bits per heavy atom.